The molecule has 116 valence electrons. The van der Waals surface area contributed by atoms with E-state index in [-0.39, 0.29) is 18.9 Å². The first-order valence-corrected chi connectivity index (χ1v) is 7.07. The van der Waals surface area contributed by atoms with E-state index in [0.29, 0.717) is 23.7 Å². The lowest BCUT2D eigenvalue weighted by atomic mass is 9.90. The van der Waals surface area contributed by atoms with Crippen molar-refractivity contribution in [3.63, 3.8) is 0 Å². The fourth-order valence-corrected chi connectivity index (χ4v) is 1.63. The van der Waals surface area contributed by atoms with Crippen molar-refractivity contribution in [3.05, 3.63) is 29.3 Å². The summed E-state index contributed by atoms with van der Waals surface area (Å²) in [5, 5.41) is 12.3. The molecule has 1 aromatic carbocycles. The van der Waals surface area contributed by atoms with Gasteiger partial charge in [0.15, 0.2) is 0 Å². The number of hydrogen-bond acceptors (Lipinski definition) is 3. The molecule has 0 atom stereocenters. The number of hydrogen-bond donors (Lipinski definition) is 2. The maximum absolute atomic E-state index is 11.6. The molecule has 0 saturated heterocycles. The number of carboxylic acids is 1. The summed E-state index contributed by atoms with van der Waals surface area (Å²) < 4.78 is 5.40. The molecule has 0 fully saturated rings. The molecule has 0 aliphatic heterocycles. The van der Waals surface area contributed by atoms with Crippen LogP contribution in [-0.2, 0) is 9.59 Å². The van der Waals surface area contributed by atoms with Crippen LogP contribution in [0, 0.1) is 5.41 Å². The molecule has 1 aromatic rings. The zero-order chi connectivity index (χ0) is 15.9. The molecule has 5 nitrogen and oxygen atoms in total. The number of carbonyl (C=O) groups excluding carboxylic acids is 1. The lowest BCUT2D eigenvalue weighted by Gasteiger charge is -2.18. The van der Waals surface area contributed by atoms with Crippen LogP contribution >= 0.6 is 11.6 Å². The van der Waals surface area contributed by atoms with Crippen LogP contribution in [0.5, 0.6) is 5.75 Å². The molecule has 1 rings (SSSR count). The summed E-state index contributed by atoms with van der Waals surface area (Å²) in [6, 6.07) is 6.89. The quantitative estimate of drug-likeness (QED) is 0.773. The van der Waals surface area contributed by atoms with Crippen LogP contribution in [-0.4, -0.2) is 30.1 Å². The second-order valence-electron chi connectivity index (χ2n) is 5.34. The van der Waals surface area contributed by atoms with Gasteiger partial charge in [-0.3, -0.25) is 9.59 Å². The normalized spacial score (nSPS) is 11.0. The second-order valence-corrected chi connectivity index (χ2v) is 5.78. The van der Waals surface area contributed by atoms with E-state index in [9.17, 15) is 9.59 Å². The van der Waals surface area contributed by atoms with E-state index in [1.54, 1.807) is 38.1 Å². The molecule has 0 saturated carbocycles. The van der Waals surface area contributed by atoms with Gasteiger partial charge in [-0.05, 0) is 44.5 Å². The lowest BCUT2D eigenvalue weighted by molar-refractivity contribution is -0.147. The molecule has 0 aromatic heterocycles. The molecule has 0 spiro atoms. The van der Waals surface area contributed by atoms with E-state index < -0.39 is 11.4 Å². The minimum absolute atomic E-state index is 0.162. The van der Waals surface area contributed by atoms with E-state index in [4.69, 9.17) is 21.4 Å². The number of carboxylic acid groups (broad SMARTS) is 1. The molecule has 0 heterocycles. The highest BCUT2D eigenvalue weighted by atomic mass is 35.5. The molecule has 0 aliphatic rings. The number of nitrogens with one attached hydrogen (secondary N) is 1. The molecule has 2 N–H and O–H groups in total. The Morgan fingerprint density at radius 1 is 1.29 bits per heavy atom. The van der Waals surface area contributed by atoms with Gasteiger partial charge in [-0.25, -0.2) is 0 Å². The molecule has 0 unspecified atom stereocenters. The summed E-state index contributed by atoms with van der Waals surface area (Å²) in [6.45, 7) is 3.85. The Bertz CT molecular complexity index is 485. The molecular formula is C15H20ClNO4. The van der Waals surface area contributed by atoms with Gasteiger partial charge in [0.2, 0.25) is 5.91 Å². The van der Waals surface area contributed by atoms with Crippen molar-refractivity contribution < 1.29 is 19.4 Å². The van der Waals surface area contributed by atoms with E-state index in [2.05, 4.69) is 5.32 Å². The summed E-state index contributed by atoms with van der Waals surface area (Å²) in [4.78, 5) is 22.5. The molecule has 0 aliphatic carbocycles. The fourth-order valence-electron chi connectivity index (χ4n) is 1.50. The topological polar surface area (TPSA) is 75.6 Å². The maximum atomic E-state index is 11.6. The van der Waals surface area contributed by atoms with Gasteiger partial charge in [-0.2, -0.15) is 0 Å². The van der Waals surface area contributed by atoms with Crippen molar-refractivity contribution in [1.82, 2.24) is 5.32 Å². The minimum Gasteiger partial charge on any atom is -0.493 e. The lowest BCUT2D eigenvalue weighted by Crippen LogP contribution is -2.32. The Kier molecular flexibility index (Phi) is 6.49. The number of aliphatic carboxylic acids is 1. The molecule has 0 radical (unpaired) electrons. The van der Waals surface area contributed by atoms with Crippen LogP contribution < -0.4 is 10.1 Å². The van der Waals surface area contributed by atoms with E-state index in [1.807, 2.05) is 0 Å². The van der Waals surface area contributed by atoms with Crippen molar-refractivity contribution in [1.29, 1.82) is 0 Å². The summed E-state index contributed by atoms with van der Waals surface area (Å²) >= 11 is 5.75. The zero-order valence-corrected chi connectivity index (χ0v) is 12.9. The van der Waals surface area contributed by atoms with Crippen molar-refractivity contribution in [2.24, 2.45) is 5.41 Å². The van der Waals surface area contributed by atoms with E-state index in [0.717, 1.165) is 0 Å². The van der Waals surface area contributed by atoms with Crippen molar-refractivity contribution >= 4 is 23.5 Å². The highest BCUT2D eigenvalue weighted by molar-refractivity contribution is 6.30. The van der Waals surface area contributed by atoms with Gasteiger partial charge in [-0.1, -0.05) is 11.6 Å². The van der Waals surface area contributed by atoms with Gasteiger partial charge in [-0.15, -0.1) is 0 Å². The van der Waals surface area contributed by atoms with Crippen molar-refractivity contribution in [2.45, 2.75) is 26.7 Å². The summed E-state index contributed by atoms with van der Waals surface area (Å²) in [6.07, 6.45) is 0.599. The zero-order valence-electron chi connectivity index (χ0n) is 12.2. The predicted molar refractivity (Wildman–Crippen MR) is 80.6 cm³/mol. The number of ether oxygens (including phenoxy) is 1. The summed E-state index contributed by atoms with van der Waals surface area (Å²) in [5.41, 5.74) is -0.840. The predicted octanol–water partition coefficient (Wildman–Crippen LogP) is 2.73. The average molecular weight is 314 g/mol. The standard InChI is InChI=1S/C15H20ClNO4/c1-15(2,14(19)20)8-9-17-13(18)7-10-21-12-5-3-11(16)4-6-12/h3-6H,7-10H2,1-2H3,(H,17,18)(H,19,20). The number of benzene rings is 1. The van der Waals surface area contributed by atoms with Gasteiger partial charge in [0.05, 0.1) is 18.4 Å². The van der Waals surface area contributed by atoms with Crippen molar-refractivity contribution in [2.75, 3.05) is 13.2 Å². The first-order valence-electron chi connectivity index (χ1n) is 6.70. The summed E-state index contributed by atoms with van der Waals surface area (Å²) in [5.74, 6) is -0.382. The van der Waals surface area contributed by atoms with E-state index >= 15 is 0 Å². The average Bonchev–Trinajstić information content (AvgIpc) is 2.40. The van der Waals surface area contributed by atoms with E-state index in [1.165, 1.54) is 0 Å². The summed E-state index contributed by atoms with van der Waals surface area (Å²) in [7, 11) is 0. The van der Waals surface area contributed by atoms with Crippen molar-refractivity contribution in [3.8, 4) is 5.75 Å². The third-order valence-electron chi connectivity index (χ3n) is 3.06. The Balaban J connectivity index is 2.20. The Morgan fingerprint density at radius 2 is 1.90 bits per heavy atom. The first kappa shape index (κ1) is 17.3. The van der Waals surface area contributed by atoms with Gasteiger partial charge in [0, 0.05) is 11.6 Å². The van der Waals surface area contributed by atoms with Crippen LogP contribution in [0.1, 0.15) is 26.7 Å². The first-order chi connectivity index (χ1) is 9.81. The van der Waals surface area contributed by atoms with Gasteiger partial charge < -0.3 is 15.2 Å². The van der Waals surface area contributed by atoms with Crippen LogP contribution in [0.4, 0.5) is 0 Å². The van der Waals surface area contributed by atoms with Crippen LogP contribution in [0.15, 0.2) is 24.3 Å². The largest absolute Gasteiger partial charge is 0.493 e. The third kappa shape index (κ3) is 6.49. The molecular weight excluding hydrogens is 294 g/mol. The Labute approximate surface area is 129 Å². The minimum atomic E-state index is -0.872. The number of amides is 1. The maximum Gasteiger partial charge on any atom is 0.309 e. The van der Waals surface area contributed by atoms with Crippen LogP contribution in [0.25, 0.3) is 0 Å². The SMILES string of the molecule is CC(C)(CCNC(=O)CCOc1ccc(Cl)cc1)C(=O)O. The highest BCUT2D eigenvalue weighted by Crippen LogP contribution is 2.19. The number of rotatable bonds is 8. The van der Waals surface area contributed by atoms with Gasteiger partial charge in [0.25, 0.3) is 0 Å². The Morgan fingerprint density at radius 3 is 2.48 bits per heavy atom. The van der Waals surface area contributed by atoms with Gasteiger partial charge in [0.1, 0.15) is 5.75 Å². The highest BCUT2D eigenvalue weighted by Gasteiger charge is 2.26. The molecule has 0 bridgehead atoms. The smallest absolute Gasteiger partial charge is 0.309 e. The number of carbonyl (C=O) groups is 2. The number of halogens is 1. The third-order valence-corrected chi connectivity index (χ3v) is 3.31. The molecule has 1 amide bonds. The van der Waals surface area contributed by atoms with Gasteiger partial charge >= 0.3 is 5.97 Å². The monoisotopic (exact) mass is 313 g/mol. The fraction of sp³-hybridized carbons (Fsp3) is 0.467. The van der Waals surface area contributed by atoms with Crippen LogP contribution in [0.2, 0.25) is 5.02 Å². The second kappa shape index (κ2) is 7.88. The Hall–Kier alpha value is -1.75. The molecule has 6 heteroatoms. The molecule has 21 heavy (non-hydrogen) atoms. The van der Waals surface area contributed by atoms with Crippen LogP contribution in [0.3, 0.4) is 0 Å².